The molecular formula is C14H23N3O. The number of likely N-dealkylation sites (N-methyl/N-ethyl adjacent to an activating group) is 2. The zero-order chi connectivity index (χ0) is 13.2. The Morgan fingerprint density at radius 1 is 1.28 bits per heavy atom. The zero-order valence-corrected chi connectivity index (χ0v) is 11.6. The number of aromatic hydroxyl groups is 1. The lowest BCUT2D eigenvalue weighted by Gasteiger charge is -2.49. The van der Waals surface area contributed by atoms with E-state index in [1.807, 2.05) is 6.07 Å². The number of hydrogen-bond donors (Lipinski definition) is 1. The Kier molecular flexibility index (Phi) is 3.88. The molecule has 0 unspecified atom stereocenters. The predicted molar refractivity (Wildman–Crippen MR) is 72.5 cm³/mol. The summed E-state index contributed by atoms with van der Waals surface area (Å²) in [4.78, 5) is 8.91. The summed E-state index contributed by atoms with van der Waals surface area (Å²) in [5, 5.41) is 9.21. The van der Waals surface area contributed by atoms with E-state index >= 15 is 0 Å². The second-order valence-corrected chi connectivity index (χ2v) is 5.65. The lowest BCUT2D eigenvalue weighted by Crippen LogP contribution is -2.56. The average molecular weight is 249 g/mol. The summed E-state index contributed by atoms with van der Waals surface area (Å²) in [6.45, 7) is 1.90. The van der Waals surface area contributed by atoms with Crippen LogP contribution < -0.4 is 0 Å². The van der Waals surface area contributed by atoms with Gasteiger partial charge in [0.25, 0.3) is 0 Å². The van der Waals surface area contributed by atoms with Gasteiger partial charge in [0.2, 0.25) is 0 Å². The number of pyridine rings is 1. The Balaban J connectivity index is 1.92. The fourth-order valence-electron chi connectivity index (χ4n) is 2.68. The molecule has 0 aliphatic heterocycles. The van der Waals surface area contributed by atoms with Crippen LogP contribution in [0.25, 0.3) is 0 Å². The SMILES string of the molecule is CN(Cc1ccc(O)cn1)CC1(N(C)C)CCC1. The highest BCUT2D eigenvalue weighted by Crippen LogP contribution is 2.36. The van der Waals surface area contributed by atoms with Crippen molar-refractivity contribution in [1.82, 2.24) is 14.8 Å². The minimum atomic E-state index is 0.227. The fourth-order valence-corrected chi connectivity index (χ4v) is 2.68. The molecule has 0 spiro atoms. The fraction of sp³-hybridized carbons (Fsp3) is 0.643. The maximum Gasteiger partial charge on any atom is 0.133 e. The summed E-state index contributed by atoms with van der Waals surface area (Å²) in [6.07, 6.45) is 5.42. The third-order valence-corrected chi connectivity index (χ3v) is 4.04. The lowest BCUT2D eigenvalue weighted by molar-refractivity contribution is 0.0256. The highest BCUT2D eigenvalue weighted by molar-refractivity contribution is 5.17. The second-order valence-electron chi connectivity index (χ2n) is 5.65. The van der Waals surface area contributed by atoms with E-state index in [0.29, 0.717) is 5.54 Å². The molecule has 1 saturated carbocycles. The molecule has 1 fully saturated rings. The maximum absolute atomic E-state index is 9.21. The molecule has 1 aliphatic rings. The van der Waals surface area contributed by atoms with Crippen molar-refractivity contribution < 1.29 is 5.11 Å². The number of aromatic nitrogens is 1. The molecule has 1 heterocycles. The average Bonchev–Trinajstić information content (AvgIpc) is 2.26. The van der Waals surface area contributed by atoms with E-state index in [1.165, 1.54) is 25.5 Å². The van der Waals surface area contributed by atoms with Crippen LogP contribution in [0.15, 0.2) is 18.3 Å². The maximum atomic E-state index is 9.21. The van der Waals surface area contributed by atoms with Crippen LogP contribution in [0.3, 0.4) is 0 Å². The first-order valence-electron chi connectivity index (χ1n) is 6.52. The van der Waals surface area contributed by atoms with Gasteiger partial charge in [-0.1, -0.05) is 0 Å². The lowest BCUT2D eigenvalue weighted by atomic mass is 9.75. The molecule has 1 aromatic heterocycles. The molecule has 0 radical (unpaired) electrons. The highest BCUT2D eigenvalue weighted by atomic mass is 16.3. The topological polar surface area (TPSA) is 39.6 Å². The summed E-state index contributed by atoms with van der Waals surface area (Å²) >= 11 is 0. The monoisotopic (exact) mass is 249 g/mol. The quantitative estimate of drug-likeness (QED) is 0.862. The van der Waals surface area contributed by atoms with Crippen LogP contribution in [0.1, 0.15) is 25.0 Å². The Hall–Kier alpha value is -1.13. The van der Waals surface area contributed by atoms with Crippen LogP contribution in [-0.4, -0.2) is 53.1 Å². The number of rotatable bonds is 5. The summed E-state index contributed by atoms with van der Waals surface area (Å²) in [7, 11) is 6.48. The molecule has 4 nitrogen and oxygen atoms in total. The first-order chi connectivity index (χ1) is 8.52. The van der Waals surface area contributed by atoms with E-state index in [2.05, 4.69) is 35.9 Å². The number of hydrogen-bond acceptors (Lipinski definition) is 4. The van der Waals surface area contributed by atoms with Crippen molar-refractivity contribution >= 4 is 0 Å². The summed E-state index contributed by atoms with van der Waals surface area (Å²) < 4.78 is 0. The van der Waals surface area contributed by atoms with Crippen LogP contribution in [-0.2, 0) is 6.54 Å². The Morgan fingerprint density at radius 2 is 2.00 bits per heavy atom. The molecule has 0 bridgehead atoms. The van der Waals surface area contributed by atoms with Crippen molar-refractivity contribution in [2.45, 2.75) is 31.3 Å². The van der Waals surface area contributed by atoms with Crippen LogP contribution in [0.2, 0.25) is 0 Å². The smallest absolute Gasteiger partial charge is 0.133 e. The van der Waals surface area contributed by atoms with Crippen molar-refractivity contribution in [2.75, 3.05) is 27.7 Å². The standard InChI is InChI=1S/C14H23N3O/c1-16(2)14(7-4-8-14)11-17(3)10-12-5-6-13(18)9-15-12/h5-6,9,18H,4,7-8,10-11H2,1-3H3. The Bertz CT molecular complexity index is 385. The molecule has 18 heavy (non-hydrogen) atoms. The van der Waals surface area contributed by atoms with E-state index < -0.39 is 0 Å². The molecule has 1 aromatic rings. The first-order valence-corrected chi connectivity index (χ1v) is 6.52. The Morgan fingerprint density at radius 3 is 2.44 bits per heavy atom. The van der Waals surface area contributed by atoms with E-state index in [-0.39, 0.29) is 5.75 Å². The van der Waals surface area contributed by atoms with E-state index in [0.717, 1.165) is 18.8 Å². The molecule has 2 rings (SSSR count). The summed E-state index contributed by atoms with van der Waals surface area (Å²) in [5.74, 6) is 0.227. The van der Waals surface area contributed by atoms with E-state index in [4.69, 9.17) is 0 Å². The van der Waals surface area contributed by atoms with Gasteiger partial charge in [0.1, 0.15) is 5.75 Å². The van der Waals surface area contributed by atoms with Crippen molar-refractivity contribution in [3.05, 3.63) is 24.0 Å². The van der Waals surface area contributed by atoms with Gasteiger partial charge in [-0.05, 0) is 52.5 Å². The van der Waals surface area contributed by atoms with Crippen LogP contribution >= 0.6 is 0 Å². The zero-order valence-electron chi connectivity index (χ0n) is 11.6. The largest absolute Gasteiger partial charge is 0.506 e. The van der Waals surface area contributed by atoms with Gasteiger partial charge in [0.05, 0.1) is 11.9 Å². The van der Waals surface area contributed by atoms with Crippen LogP contribution in [0, 0.1) is 0 Å². The predicted octanol–water partition coefficient (Wildman–Crippen LogP) is 1.70. The second kappa shape index (κ2) is 5.24. The molecule has 100 valence electrons. The molecule has 0 amide bonds. The van der Waals surface area contributed by atoms with Gasteiger partial charge in [-0.15, -0.1) is 0 Å². The minimum absolute atomic E-state index is 0.227. The van der Waals surface area contributed by atoms with Gasteiger partial charge >= 0.3 is 0 Å². The van der Waals surface area contributed by atoms with Crippen molar-refractivity contribution in [1.29, 1.82) is 0 Å². The molecule has 1 N–H and O–H groups in total. The van der Waals surface area contributed by atoms with Gasteiger partial charge in [-0.3, -0.25) is 9.88 Å². The molecular weight excluding hydrogens is 226 g/mol. The molecule has 4 heteroatoms. The van der Waals surface area contributed by atoms with E-state index in [1.54, 1.807) is 6.07 Å². The third kappa shape index (κ3) is 2.82. The van der Waals surface area contributed by atoms with Crippen molar-refractivity contribution in [3.8, 4) is 5.75 Å². The van der Waals surface area contributed by atoms with Crippen LogP contribution in [0.5, 0.6) is 5.75 Å². The first kappa shape index (κ1) is 13.3. The highest BCUT2D eigenvalue weighted by Gasteiger charge is 2.39. The minimum Gasteiger partial charge on any atom is -0.506 e. The molecule has 1 aliphatic carbocycles. The summed E-state index contributed by atoms with van der Waals surface area (Å²) in [5.41, 5.74) is 1.36. The van der Waals surface area contributed by atoms with Gasteiger partial charge in [-0.25, -0.2) is 0 Å². The normalized spacial score (nSPS) is 18.1. The molecule has 0 atom stereocenters. The van der Waals surface area contributed by atoms with Crippen LogP contribution in [0.4, 0.5) is 0 Å². The van der Waals surface area contributed by atoms with Gasteiger partial charge in [0.15, 0.2) is 0 Å². The Labute approximate surface area is 109 Å². The molecule has 0 saturated heterocycles. The van der Waals surface area contributed by atoms with Crippen molar-refractivity contribution in [3.63, 3.8) is 0 Å². The van der Waals surface area contributed by atoms with Gasteiger partial charge in [-0.2, -0.15) is 0 Å². The number of nitrogens with zero attached hydrogens (tertiary/aromatic N) is 3. The summed E-state index contributed by atoms with van der Waals surface area (Å²) in [6, 6.07) is 3.58. The van der Waals surface area contributed by atoms with E-state index in [9.17, 15) is 5.11 Å². The molecule has 0 aromatic carbocycles. The van der Waals surface area contributed by atoms with Crippen molar-refractivity contribution in [2.24, 2.45) is 0 Å². The third-order valence-electron chi connectivity index (χ3n) is 4.04. The van der Waals surface area contributed by atoms with Gasteiger partial charge in [0, 0.05) is 18.6 Å². The van der Waals surface area contributed by atoms with Gasteiger partial charge < -0.3 is 10.0 Å².